The summed E-state index contributed by atoms with van der Waals surface area (Å²) in [6.45, 7) is 9.82. The molecule has 14 heteroatoms. The van der Waals surface area contributed by atoms with E-state index in [4.69, 9.17) is 25.4 Å². The van der Waals surface area contributed by atoms with Gasteiger partial charge in [-0.3, -0.25) is 14.1 Å². The lowest BCUT2D eigenvalue weighted by Gasteiger charge is -2.33. The van der Waals surface area contributed by atoms with Crippen LogP contribution < -0.4 is 5.73 Å². The van der Waals surface area contributed by atoms with Crippen molar-refractivity contribution in [3.63, 3.8) is 0 Å². The molecule has 2 aliphatic heterocycles. The van der Waals surface area contributed by atoms with E-state index < -0.39 is 0 Å². The van der Waals surface area contributed by atoms with Crippen LogP contribution in [0.15, 0.2) is 12.2 Å². The zero-order valence-corrected chi connectivity index (χ0v) is 26.6. The third-order valence-corrected chi connectivity index (χ3v) is 5.88. The maximum absolute atomic E-state index is 11.0. The summed E-state index contributed by atoms with van der Waals surface area (Å²) in [5.74, 6) is -0.526. The number of morpholine rings is 2. The minimum atomic E-state index is -0.338. The maximum Gasteiger partial charge on any atom is 0.330 e. The molecule has 0 aliphatic carbocycles. The molecule has 2 saturated heterocycles. The van der Waals surface area contributed by atoms with Crippen LogP contribution in [-0.4, -0.2) is 121 Å². The number of alkyl halides is 1. The molecule has 2 fully saturated rings. The second kappa shape index (κ2) is 24.8. The minimum Gasteiger partial charge on any atom is -0.469 e. The van der Waals surface area contributed by atoms with Crippen LogP contribution in [0.25, 0.3) is 0 Å². The smallest absolute Gasteiger partial charge is 0.330 e. The van der Waals surface area contributed by atoms with Gasteiger partial charge < -0.3 is 34.9 Å². The number of ether oxygens (including phenoxy) is 4. The van der Waals surface area contributed by atoms with E-state index in [0.29, 0.717) is 18.3 Å². The Hall–Kier alpha value is -0.260. The standard InChI is InChI=1S/C8H16NO3P.C7H16NO2P.C5H7BrO2.C3H9NO/c1-6-4-9(13)5-7(12-6)3-8(10)11-2;1-6-4-8(11)5-7(10-6)2-3-9;1-8-5(7)3-2-4-6;1-3(5)2-4/h6-7H,3-5,13H2,1-2H3;6-7,9H,2-5,11H2,1H3;2-3H,4H2,1H3;3,5H,2,4H2,1H3/b;;3-2+;. The fraction of sp³-hybridized carbons (Fsp3) is 0.826. The molecular formula is C23H48BrN3O8P2. The van der Waals surface area contributed by atoms with Crippen molar-refractivity contribution in [3.8, 4) is 0 Å². The van der Waals surface area contributed by atoms with Crippen molar-refractivity contribution in [1.29, 1.82) is 0 Å². The van der Waals surface area contributed by atoms with Crippen molar-refractivity contribution in [3.05, 3.63) is 12.2 Å². The van der Waals surface area contributed by atoms with Gasteiger partial charge in [0.25, 0.3) is 0 Å². The molecule has 0 bridgehead atoms. The van der Waals surface area contributed by atoms with Crippen molar-refractivity contribution in [2.45, 2.75) is 64.1 Å². The molecule has 220 valence electrons. The molecule has 7 unspecified atom stereocenters. The zero-order chi connectivity index (χ0) is 28.8. The molecule has 37 heavy (non-hydrogen) atoms. The number of carbonyl (C=O) groups is 2. The number of nitrogens with two attached hydrogens (primary N) is 1. The van der Waals surface area contributed by atoms with Gasteiger partial charge in [-0.2, -0.15) is 0 Å². The Labute approximate surface area is 235 Å². The Morgan fingerprint density at radius 1 is 1.08 bits per heavy atom. The van der Waals surface area contributed by atoms with Gasteiger partial charge >= 0.3 is 11.9 Å². The van der Waals surface area contributed by atoms with E-state index in [1.165, 1.54) is 20.3 Å². The van der Waals surface area contributed by atoms with Gasteiger partial charge in [0.15, 0.2) is 0 Å². The summed E-state index contributed by atoms with van der Waals surface area (Å²) in [6.07, 6.45) is 4.44. The molecule has 0 aromatic carbocycles. The van der Waals surface area contributed by atoms with Gasteiger partial charge in [0.05, 0.1) is 51.2 Å². The Morgan fingerprint density at radius 3 is 1.95 bits per heavy atom. The van der Waals surface area contributed by atoms with E-state index in [2.05, 4.69) is 60.4 Å². The summed E-state index contributed by atoms with van der Waals surface area (Å²) in [6, 6.07) is 0. The van der Waals surface area contributed by atoms with E-state index in [1.54, 1.807) is 13.0 Å². The number of hydrogen-bond acceptors (Lipinski definition) is 11. The predicted octanol–water partition coefficient (Wildman–Crippen LogP) is 1.11. The quantitative estimate of drug-likeness (QED) is 0.160. The molecule has 0 aromatic heterocycles. The topological polar surface area (TPSA) is 144 Å². The lowest BCUT2D eigenvalue weighted by Crippen LogP contribution is -2.42. The first kappa shape index (κ1) is 38.9. The maximum atomic E-state index is 11.0. The van der Waals surface area contributed by atoms with Crippen LogP contribution in [0.2, 0.25) is 0 Å². The van der Waals surface area contributed by atoms with Crippen LogP contribution >= 0.6 is 34.7 Å². The second-order valence-electron chi connectivity index (χ2n) is 8.50. The predicted molar refractivity (Wildman–Crippen MR) is 155 cm³/mol. The van der Waals surface area contributed by atoms with Crippen molar-refractivity contribution in [2.24, 2.45) is 5.73 Å². The molecule has 0 spiro atoms. The van der Waals surface area contributed by atoms with Crippen molar-refractivity contribution >= 4 is 46.6 Å². The van der Waals surface area contributed by atoms with Crippen LogP contribution in [0, 0.1) is 0 Å². The van der Waals surface area contributed by atoms with Gasteiger partial charge in [0.1, 0.15) is 0 Å². The van der Waals surface area contributed by atoms with E-state index >= 15 is 0 Å². The first-order chi connectivity index (χ1) is 17.4. The highest BCUT2D eigenvalue weighted by molar-refractivity contribution is 9.09. The van der Waals surface area contributed by atoms with Gasteiger partial charge in [0.2, 0.25) is 0 Å². The van der Waals surface area contributed by atoms with Gasteiger partial charge in [-0.1, -0.05) is 40.8 Å². The number of methoxy groups -OCH3 is 2. The summed E-state index contributed by atoms with van der Waals surface area (Å²) in [5, 5.41) is 17.6. The van der Waals surface area contributed by atoms with Crippen molar-refractivity contribution in [1.82, 2.24) is 9.34 Å². The number of nitrogens with zero attached hydrogens (tertiary/aromatic N) is 2. The Balaban J connectivity index is 0. The molecule has 0 aromatic rings. The molecular weight excluding hydrogens is 588 g/mol. The highest BCUT2D eigenvalue weighted by Crippen LogP contribution is 2.17. The Kier molecular flexibility index (Phi) is 26.0. The zero-order valence-electron chi connectivity index (χ0n) is 22.8. The molecule has 2 heterocycles. The Morgan fingerprint density at radius 2 is 1.57 bits per heavy atom. The summed E-state index contributed by atoms with van der Waals surface area (Å²) in [4.78, 5) is 21.2. The van der Waals surface area contributed by atoms with Crippen molar-refractivity contribution < 1.29 is 38.7 Å². The molecule has 0 amide bonds. The van der Waals surface area contributed by atoms with E-state index in [1.807, 2.05) is 6.92 Å². The summed E-state index contributed by atoms with van der Waals surface area (Å²) >= 11 is 3.11. The molecule has 2 rings (SSSR count). The summed E-state index contributed by atoms with van der Waals surface area (Å²) in [5.41, 5.74) is 4.92. The summed E-state index contributed by atoms with van der Waals surface area (Å²) in [7, 11) is 8.05. The first-order valence-corrected chi connectivity index (χ1v) is 14.2. The molecule has 0 radical (unpaired) electrons. The monoisotopic (exact) mass is 635 g/mol. The lowest BCUT2D eigenvalue weighted by atomic mass is 10.2. The SMILES string of the molecule is CC(O)CN.CC1CN(P)CC(CCO)O1.COC(=O)/C=C/CBr.COC(=O)CC1CN(P)CC(C)O1. The van der Waals surface area contributed by atoms with Gasteiger partial charge in [-0.15, -0.1) is 0 Å². The number of rotatable bonds is 7. The molecule has 11 nitrogen and oxygen atoms in total. The third kappa shape index (κ3) is 24.5. The van der Waals surface area contributed by atoms with Crippen molar-refractivity contribution in [2.75, 3.05) is 58.9 Å². The van der Waals surface area contributed by atoms with Gasteiger partial charge in [0, 0.05) is 50.7 Å². The number of carbonyl (C=O) groups excluding carboxylic acids is 2. The minimum absolute atomic E-state index is 0.0336. The second-order valence-corrected chi connectivity index (χ2v) is 10.6. The molecule has 0 saturated carbocycles. The summed E-state index contributed by atoms with van der Waals surface area (Å²) < 4.78 is 24.3. The van der Waals surface area contributed by atoms with Gasteiger partial charge in [-0.05, 0) is 27.2 Å². The average molecular weight is 637 g/mol. The molecule has 2 aliphatic rings. The fourth-order valence-electron chi connectivity index (χ4n) is 3.06. The van der Waals surface area contributed by atoms with E-state index in [9.17, 15) is 9.59 Å². The van der Waals surface area contributed by atoms with Crippen LogP contribution in [0.3, 0.4) is 0 Å². The first-order valence-electron chi connectivity index (χ1n) is 12.1. The lowest BCUT2D eigenvalue weighted by molar-refractivity contribution is -0.146. The van der Waals surface area contributed by atoms with Crippen LogP contribution in [0.1, 0.15) is 33.6 Å². The van der Waals surface area contributed by atoms with E-state index in [0.717, 1.165) is 32.6 Å². The van der Waals surface area contributed by atoms with E-state index in [-0.39, 0.29) is 49.1 Å². The average Bonchev–Trinajstić information content (AvgIpc) is 2.82. The fourth-order valence-corrected chi connectivity index (χ4v) is 4.31. The largest absolute Gasteiger partial charge is 0.469 e. The normalized spacial score (nSPS) is 24.8. The van der Waals surface area contributed by atoms with Crippen LogP contribution in [-0.2, 0) is 28.5 Å². The Bertz CT molecular complexity index is 603. The highest BCUT2D eigenvalue weighted by Gasteiger charge is 2.25. The van der Waals surface area contributed by atoms with Crippen LogP contribution in [0.4, 0.5) is 0 Å². The number of hydrogen-bond donors (Lipinski definition) is 3. The molecule has 4 N–H and O–H groups in total. The number of esters is 2. The van der Waals surface area contributed by atoms with Gasteiger partial charge in [-0.25, -0.2) is 4.79 Å². The van der Waals surface area contributed by atoms with Crippen LogP contribution in [0.5, 0.6) is 0 Å². The number of aliphatic hydroxyl groups is 2. The number of aliphatic hydroxyl groups excluding tert-OH is 2. The molecule has 7 atom stereocenters. The highest BCUT2D eigenvalue weighted by atomic mass is 79.9. The third-order valence-electron chi connectivity index (χ3n) is 4.67. The number of allylic oxidation sites excluding steroid dienone is 1. The number of halogens is 1.